The molecule has 0 N–H and O–H groups in total. The SMILES string of the molecule is O=C(c1ccncc1)N1CCN(Cc2ccncc2)CC1. The summed E-state index contributed by atoms with van der Waals surface area (Å²) in [6.45, 7) is 4.26. The Morgan fingerprint density at radius 1 is 0.905 bits per heavy atom. The molecule has 2 aromatic rings. The van der Waals surface area contributed by atoms with Gasteiger partial charge in [-0.05, 0) is 29.8 Å². The summed E-state index contributed by atoms with van der Waals surface area (Å²) in [5.41, 5.74) is 1.98. The van der Waals surface area contributed by atoms with Crippen molar-refractivity contribution in [3.05, 3.63) is 60.2 Å². The van der Waals surface area contributed by atoms with Crippen LogP contribution >= 0.6 is 0 Å². The summed E-state index contributed by atoms with van der Waals surface area (Å²) in [5, 5.41) is 0. The number of nitrogens with zero attached hydrogens (tertiary/aromatic N) is 4. The smallest absolute Gasteiger partial charge is 0.254 e. The highest BCUT2D eigenvalue weighted by molar-refractivity contribution is 5.94. The minimum absolute atomic E-state index is 0.0981. The van der Waals surface area contributed by atoms with Gasteiger partial charge in [0.05, 0.1) is 0 Å². The van der Waals surface area contributed by atoms with Crippen molar-refractivity contribution in [3.63, 3.8) is 0 Å². The number of carbonyl (C=O) groups is 1. The van der Waals surface area contributed by atoms with Gasteiger partial charge in [0.1, 0.15) is 0 Å². The van der Waals surface area contributed by atoms with Gasteiger partial charge in [-0.2, -0.15) is 0 Å². The van der Waals surface area contributed by atoms with Crippen LogP contribution in [-0.2, 0) is 6.54 Å². The second-order valence-corrected chi connectivity index (χ2v) is 5.16. The van der Waals surface area contributed by atoms with Crippen LogP contribution in [-0.4, -0.2) is 51.9 Å². The first-order chi connectivity index (χ1) is 10.3. The van der Waals surface area contributed by atoms with Gasteiger partial charge < -0.3 is 4.90 Å². The average Bonchev–Trinajstić information content (AvgIpc) is 2.57. The topological polar surface area (TPSA) is 49.3 Å². The molecule has 0 unspecified atom stereocenters. The quantitative estimate of drug-likeness (QED) is 0.854. The summed E-state index contributed by atoms with van der Waals surface area (Å²) in [4.78, 5) is 24.6. The van der Waals surface area contributed by atoms with E-state index in [9.17, 15) is 4.79 Å². The van der Waals surface area contributed by atoms with Crippen LogP contribution in [0.5, 0.6) is 0 Å². The van der Waals surface area contributed by atoms with Gasteiger partial charge >= 0.3 is 0 Å². The molecule has 0 radical (unpaired) electrons. The molecule has 0 aromatic carbocycles. The number of rotatable bonds is 3. The fourth-order valence-electron chi connectivity index (χ4n) is 2.53. The molecule has 1 amide bonds. The molecule has 21 heavy (non-hydrogen) atoms. The van der Waals surface area contributed by atoms with E-state index >= 15 is 0 Å². The monoisotopic (exact) mass is 282 g/mol. The molecule has 3 rings (SSSR count). The summed E-state index contributed by atoms with van der Waals surface area (Å²) < 4.78 is 0. The Balaban J connectivity index is 1.54. The van der Waals surface area contributed by atoms with Gasteiger partial charge in [0.25, 0.3) is 5.91 Å². The lowest BCUT2D eigenvalue weighted by Gasteiger charge is -2.34. The average molecular weight is 282 g/mol. The molecule has 0 atom stereocenters. The second kappa shape index (κ2) is 6.45. The standard InChI is InChI=1S/C16H18N4O/c21-16(15-3-7-18-8-4-15)20-11-9-19(10-12-20)13-14-1-5-17-6-2-14/h1-8H,9-13H2. The minimum atomic E-state index is 0.0981. The molecule has 1 fully saturated rings. The van der Waals surface area contributed by atoms with Crippen molar-refractivity contribution in [2.45, 2.75) is 6.54 Å². The number of pyridine rings is 2. The van der Waals surface area contributed by atoms with E-state index in [0.29, 0.717) is 5.56 Å². The van der Waals surface area contributed by atoms with Crippen LogP contribution in [0.25, 0.3) is 0 Å². The highest BCUT2D eigenvalue weighted by Gasteiger charge is 2.21. The maximum absolute atomic E-state index is 12.3. The Morgan fingerprint density at radius 3 is 2.10 bits per heavy atom. The van der Waals surface area contributed by atoms with Crippen LogP contribution in [0, 0.1) is 0 Å². The van der Waals surface area contributed by atoms with E-state index in [2.05, 4.69) is 14.9 Å². The van der Waals surface area contributed by atoms with Crippen molar-refractivity contribution in [2.75, 3.05) is 26.2 Å². The lowest BCUT2D eigenvalue weighted by atomic mass is 10.2. The van der Waals surface area contributed by atoms with E-state index in [-0.39, 0.29) is 5.91 Å². The Morgan fingerprint density at radius 2 is 1.48 bits per heavy atom. The Bertz CT molecular complexity index is 580. The van der Waals surface area contributed by atoms with E-state index in [1.54, 1.807) is 24.5 Å². The molecule has 5 nitrogen and oxygen atoms in total. The predicted octanol–water partition coefficient (Wildman–Crippen LogP) is 1.43. The molecular weight excluding hydrogens is 264 g/mol. The van der Waals surface area contributed by atoms with E-state index < -0.39 is 0 Å². The Hall–Kier alpha value is -2.27. The highest BCUT2D eigenvalue weighted by Crippen LogP contribution is 2.10. The van der Waals surface area contributed by atoms with E-state index in [1.165, 1.54) is 5.56 Å². The maximum Gasteiger partial charge on any atom is 0.254 e. The molecule has 5 heteroatoms. The zero-order valence-electron chi connectivity index (χ0n) is 11.9. The second-order valence-electron chi connectivity index (χ2n) is 5.16. The van der Waals surface area contributed by atoms with Gasteiger partial charge in [-0.3, -0.25) is 19.7 Å². The first kappa shape index (κ1) is 13.7. The van der Waals surface area contributed by atoms with Gasteiger partial charge in [-0.1, -0.05) is 0 Å². The summed E-state index contributed by atoms with van der Waals surface area (Å²) in [6.07, 6.45) is 6.96. The lowest BCUT2D eigenvalue weighted by Crippen LogP contribution is -2.48. The van der Waals surface area contributed by atoms with Gasteiger partial charge in [-0.15, -0.1) is 0 Å². The van der Waals surface area contributed by atoms with Gasteiger partial charge in [-0.25, -0.2) is 0 Å². The number of hydrogen-bond donors (Lipinski definition) is 0. The van der Waals surface area contributed by atoms with E-state index in [1.807, 2.05) is 29.4 Å². The summed E-state index contributed by atoms with van der Waals surface area (Å²) >= 11 is 0. The van der Waals surface area contributed by atoms with Gasteiger partial charge in [0.2, 0.25) is 0 Å². The van der Waals surface area contributed by atoms with Crippen LogP contribution in [0.2, 0.25) is 0 Å². The van der Waals surface area contributed by atoms with Crippen LogP contribution in [0.1, 0.15) is 15.9 Å². The number of carbonyl (C=O) groups excluding carboxylic acids is 1. The van der Waals surface area contributed by atoms with Crippen molar-refractivity contribution in [1.29, 1.82) is 0 Å². The normalized spacial score (nSPS) is 15.9. The Labute approximate surface area is 124 Å². The molecule has 0 aliphatic carbocycles. The largest absolute Gasteiger partial charge is 0.336 e. The van der Waals surface area contributed by atoms with Crippen molar-refractivity contribution in [3.8, 4) is 0 Å². The molecule has 1 saturated heterocycles. The van der Waals surface area contributed by atoms with Crippen molar-refractivity contribution >= 4 is 5.91 Å². The van der Waals surface area contributed by atoms with Gasteiger partial charge in [0.15, 0.2) is 0 Å². The van der Waals surface area contributed by atoms with Crippen molar-refractivity contribution in [1.82, 2.24) is 19.8 Å². The molecule has 2 aromatic heterocycles. The fourth-order valence-corrected chi connectivity index (χ4v) is 2.53. The third-order valence-electron chi connectivity index (χ3n) is 3.74. The zero-order chi connectivity index (χ0) is 14.5. The number of piperazine rings is 1. The number of aromatic nitrogens is 2. The molecule has 108 valence electrons. The summed E-state index contributed by atoms with van der Waals surface area (Å²) in [6, 6.07) is 7.61. The first-order valence-electron chi connectivity index (χ1n) is 7.13. The fraction of sp³-hybridized carbons (Fsp3) is 0.312. The van der Waals surface area contributed by atoms with Crippen LogP contribution < -0.4 is 0 Å². The Kier molecular flexibility index (Phi) is 4.21. The molecule has 0 bridgehead atoms. The molecule has 1 aliphatic heterocycles. The molecular formula is C16H18N4O. The zero-order valence-corrected chi connectivity index (χ0v) is 11.9. The molecule has 1 aliphatic rings. The van der Waals surface area contributed by atoms with Crippen LogP contribution in [0.4, 0.5) is 0 Å². The molecule has 3 heterocycles. The third-order valence-corrected chi connectivity index (χ3v) is 3.74. The van der Waals surface area contributed by atoms with Crippen molar-refractivity contribution < 1.29 is 4.79 Å². The lowest BCUT2D eigenvalue weighted by molar-refractivity contribution is 0.0628. The number of amides is 1. The van der Waals surface area contributed by atoms with Crippen LogP contribution in [0.15, 0.2) is 49.1 Å². The maximum atomic E-state index is 12.3. The van der Waals surface area contributed by atoms with Crippen molar-refractivity contribution in [2.24, 2.45) is 0 Å². The predicted molar refractivity (Wildman–Crippen MR) is 79.7 cm³/mol. The summed E-state index contributed by atoms with van der Waals surface area (Å²) in [5.74, 6) is 0.0981. The van der Waals surface area contributed by atoms with Crippen LogP contribution in [0.3, 0.4) is 0 Å². The molecule has 0 saturated carbocycles. The van der Waals surface area contributed by atoms with E-state index in [4.69, 9.17) is 0 Å². The highest BCUT2D eigenvalue weighted by atomic mass is 16.2. The third kappa shape index (κ3) is 3.44. The van der Waals surface area contributed by atoms with E-state index in [0.717, 1.165) is 32.7 Å². The number of hydrogen-bond acceptors (Lipinski definition) is 4. The minimum Gasteiger partial charge on any atom is -0.336 e. The van der Waals surface area contributed by atoms with Gasteiger partial charge in [0, 0.05) is 63.1 Å². The summed E-state index contributed by atoms with van der Waals surface area (Å²) in [7, 11) is 0. The first-order valence-corrected chi connectivity index (χ1v) is 7.13. The molecule has 0 spiro atoms.